The van der Waals surface area contributed by atoms with Gasteiger partial charge in [-0.15, -0.1) is 0 Å². The Balaban J connectivity index is 2.14. The molecule has 0 radical (unpaired) electrons. The normalized spacial score (nSPS) is 10.8. The molecule has 0 spiro atoms. The number of nitrogens with zero attached hydrogens (tertiary/aromatic N) is 2. The van der Waals surface area contributed by atoms with Crippen LogP contribution in [0.3, 0.4) is 0 Å². The van der Waals surface area contributed by atoms with Crippen LogP contribution in [-0.4, -0.2) is 28.7 Å². The number of hydrogen-bond acceptors (Lipinski definition) is 5. The van der Waals surface area contributed by atoms with Gasteiger partial charge in [-0.3, -0.25) is 4.79 Å². The lowest BCUT2D eigenvalue weighted by atomic mass is 10.2. The van der Waals surface area contributed by atoms with Crippen LogP contribution in [0, 0.1) is 0 Å². The summed E-state index contributed by atoms with van der Waals surface area (Å²) in [5, 5.41) is 0. The molecule has 6 heteroatoms. The van der Waals surface area contributed by atoms with Gasteiger partial charge in [-0.1, -0.05) is 6.07 Å². The molecule has 0 aliphatic heterocycles. The Morgan fingerprint density at radius 2 is 2.14 bits per heavy atom. The summed E-state index contributed by atoms with van der Waals surface area (Å²) in [4.78, 5) is 15.7. The summed E-state index contributed by atoms with van der Waals surface area (Å²) >= 11 is 0. The van der Waals surface area contributed by atoms with Gasteiger partial charge in [0.25, 0.3) is 0 Å². The van der Waals surface area contributed by atoms with E-state index in [-0.39, 0.29) is 5.97 Å². The molecule has 0 fully saturated rings. The average Bonchev–Trinajstić information content (AvgIpc) is 2.77. The Labute approximate surface area is 123 Å². The average molecular weight is 291 g/mol. The summed E-state index contributed by atoms with van der Waals surface area (Å²) in [6.45, 7) is 5.34. The summed E-state index contributed by atoms with van der Waals surface area (Å²) in [6.07, 6.45) is 1.03. The van der Waals surface area contributed by atoms with E-state index in [9.17, 15) is 4.79 Å². The Morgan fingerprint density at radius 3 is 2.86 bits per heavy atom. The number of anilines is 1. The number of aryl methyl sites for hydroxylation is 1. The molecule has 0 atom stereocenters. The molecule has 0 aliphatic rings. The molecule has 1 aromatic heterocycles. The minimum absolute atomic E-state index is 0.185. The molecule has 0 amide bonds. The van der Waals surface area contributed by atoms with Crippen molar-refractivity contribution in [2.24, 2.45) is 0 Å². The number of hydrogen-bond donors (Lipinski definition) is 1. The summed E-state index contributed by atoms with van der Waals surface area (Å²) in [5.41, 5.74) is 7.65. The van der Waals surface area contributed by atoms with E-state index in [4.69, 9.17) is 15.2 Å². The summed E-state index contributed by atoms with van der Waals surface area (Å²) in [5.74, 6) is 0.974. The molecule has 2 N–H and O–H groups in total. The second-order valence-corrected chi connectivity index (χ2v) is 4.59. The quantitative estimate of drug-likeness (QED) is 0.792. The van der Waals surface area contributed by atoms with Crippen molar-refractivity contribution >= 4 is 23.0 Å². The van der Waals surface area contributed by atoms with Crippen molar-refractivity contribution in [3.05, 3.63) is 18.2 Å². The summed E-state index contributed by atoms with van der Waals surface area (Å²) in [6, 6.07) is 5.74. The number of carbonyl (C=O) groups is 1. The van der Waals surface area contributed by atoms with Gasteiger partial charge in [0.1, 0.15) is 11.3 Å². The number of aromatic nitrogens is 2. The standard InChI is InChI=1S/C15H21N3O3/c1-3-20-12-8-5-7-11-14(12)17-15(16)18(11)10-6-9-13(19)21-4-2/h5,7-8H,3-4,6,9-10H2,1-2H3,(H2,16,17). The van der Waals surface area contributed by atoms with Crippen LogP contribution in [0.15, 0.2) is 18.2 Å². The first-order valence-corrected chi connectivity index (χ1v) is 7.20. The highest BCUT2D eigenvalue weighted by Crippen LogP contribution is 2.27. The second-order valence-electron chi connectivity index (χ2n) is 4.59. The Kier molecular flexibility index (Phi) is 5.03. The molecule has 1 heterocycles. The number of imidazole rings is 1. The minimum atomic E-state index is -0.185. The number of nitrogens with two attached hydrogens (primary N) is 1. The maximum Gasteiger partial charge on any atom is 0.305 e. The van der Waals surface area contributed by atoms with Crippen LogP contribution in [0.1, 0.15) is 26.7 Å². The molecule has 1 aromatic carbocycles. The largest absolute Gasteiger partial charge is 0.492 e. The van der Waals surface area contributed by atoms with Crippen LogP contribution < -0.4 is 10.5 Å². The molecule has 21 heavy (non-hydrogen) atoms. The van der Waals surface area contributed by atoms with Crippen molar-refractivity contribution in [3.8, 4) is 5.75 Å². The van der Waals surface area contributed by atoms with Crippen molar-refractivity contribution < 1.29 is 14.3 Å². The molecule has 0 aliphatic carbocycles. The van der Waals surface area contributed by atoms with Gasteiger partial charge in [0.15, 0.2) is 0 Å². The van der Waals surface area contributed by atoms with Gasteiger partial charge in [0.2, 0.25) is 5.95 Å². The van der Waals surface area contributed by atoms with Gasteiger partial charge in [-0.25, -0.2) is 4.98 Å². The number of ether oxygens (including phenoxy) is 2. The maximum atomic E-state index is 11.4. The molecule has 6 nitrogen and oxygen atoms in total. The van der Waals surface area contributed by atoms with Gasteiger partial charge in [0, 0.05) is 13.0 Å². The molecule has 0 saturated carbocycles. The molecule has 0 bridgehead atoms. The lowest BCUT2D eigenvalue weighted by Crippen LogP contribution is -2.08. The van der Waals surface area contributed by atoms with E-state index in [0.717, 1.165) is 16.8 Å². The number of rotatable bonds is 7. The van der Waals surface area contributed by atoms with E-state index in [1.54, 1.807) is 6.92 Å². The first-order valence-electron chi connectivity index (χ1n) is 7.20. The number of fused-ring (bicyclic) bond motifs is 1. The third-order valence-electron chi connectivity index (χ3n) is 3.14. The molecule has 114 valence electrons. The fourth-order valence-electron chi connectivity index (χ4n) is 2.26. The van der Waals surface area contributed by atoms with Crippen molar-refractivity contribution in [2.45, 2.75) is 33.2 Å². The van der Waals surface area contributed by atoms with E-state index in [1.807, 2.05) is 29.7 Å². The highest BCUT2D eigenvalue weighted by atomic mass is 16.5. The van der Waals surface area contributed by atoms with E-state index >= 15 is 0 Å². The molecule has 2 aromatic rings. The van der Waals surface area contributed by atoms with Crippen molar-refractivity contribution in [2.75, 3.05) is 18.9 Å². The summed E-state index contributed by atoms with van der Waals surface area (Å²) in [7, 11) is 0. The van der Waals surface area contributed by atoms with Gasteiger partial charge in [-0.2, -0.15) is 0 Å². The Hall–Kier alpha value is -2.24. The lowest BCUT2D eigenvalue weighted by molar-refractivity contribution is -0.143. The zero-order valence-electron chi connectivity index (χ0n) is 12.5. The smallest absolute Gasteiger partial charge is 0.305 e. The number of nitrogen functional groups attached to an aromatic ring is 1. The highest BCUT2D eigenvalue weighted by molar-refractivity contribution is 5.84. The van der Waals surface area contributed by atoms with Crippen molar-refractivity contribution in [3.63, 3.8) is 0 Å². The van der Waals surface area contributed by atoms with Crippen LogP contribution in [-0.2, 0) is 16.1 Å². The fourth-order valence-corrected chi connectivity index (χ4v) is 2.26. The van der Waals surface area contributed by atoms with Crippen LogP contribution in [0.2, 0.25) is 0 Å². The monoisotopic (exact) mass is 291 g/mol. The predicted octanol–water partition coefficient (Wildman–Crippen LogP) is 2.36. The SMILES string of the molecule is CCOC(=O)CCCn1c(N)nc2c(OCC)cccc21. The van der Waals surface area contributed by atoms with Gasteiger partial charge in [0.05, 0.1) is 18.7 Å². The van der Waals surface area contributed by atoms with E-state index in [0.29, 0.717) is 38.5 Å². The van der Waals surface area contributed by atoms with Crippen LogP contribution in [0.5, 0.6) is 5.75 Å². The second kappa shape index (κ2) is 6.97. The molecule has 0 saturated heterocycles. The Bertz CT molecular complexity index is 622. The van der Waals surface area contributed by atoms with Crippen molar-refractivity contribution in [1.82, 2.24) is 9.55 Å². The molecule has 2 rings (SSSR count). The maximum absolute atomic E-state index is 11.4. The van der Waals surface area contributed by atoms with E-state index in [2.05, 4.69) is 4.98 Å². The number of carbonyl (C=O) groups excluding carboxylic acids is 1. The van der Waals surface area contributed by atoms with Gasteiger partial charge < -0.3 is 19.8 Å². The highest BCUT2D eigenvalue weighted by Gasteiger charge is 2.12. The summed E-state index contributed by atoms with van der Waals surface area (Å²) < 4.78 is 12.4. The molecular formula is C15H21N3O3. The van der Waals surface area contributed by atoms with E-state index in [1.165, 1.54) is 0 Å². The fraction of sp³-hybridized carbons (Fsp3) is 0.467. The number of para-hydroxylation sites is 1. The first-order chi connectivity index (χ1) is 10.2. The van der Waals surface area contributed by atoms with Crippen LogP contribution in [0.4, 0.5) is 5.95 Å². The zero-order valence-corrected chi connectivity index (χ0v) is 12.5. The van der Waals surface area contributed by atoms with Crippen LogP contribution >= 0.6 is 0 Å². The zero-order chi connectivity index (χ0) is 15.2. The van der Waals surface area contributed by atoms with Gasteiger partial charge in [-0.05, 0) is 32.4 Å². The Morgan fingerprint density at radius 1 is 1.33 bits per heavy atom. The molecule has 0 unspecified atom stereocenters. The predicted molar refractivity (Wildman–Crippen MR) is 81.2 cm³/mol. The van der Waals surface area contributed by atoms with Crippen LogP contribution in [0.25, 0.3) is 11.0 Å². The lowest BCUT2D eigenvalue weighted by Gasteiger charge is -2.07. The topological polar surface area (TPSA) is 79.4 Å². The van der Waals surface area contributed by atoms with E-state index < -0.39 is 0 Å². The third kappa shape index (κ3) is 3.45. The number of esters is 1. The number of benzene rings is 1. The first kappa shape index (κ1) is 15.2. The van der Waals surface area contributed by atoms with Gasteiger partial charge >= 0.3 is 5.97 Å². The minimum Gasteiger partial charge on any atom is -0.492 e. The third-order valence-corrected chi connectivity index (χ3v) is 3.14. The molecular weight excluding hydrogens is 270 g/mol. The van der Waals surface area contributed by atoms with Crippen molar-refractivity contribution in [1.29, 1.82) is 0 Å².